The quantitative estimate of drug-likeness (QED) is 0.789. The van der Waals surface area contributed by atoms with E-state index in [1.165, 1.54) is 6.26 Å². The minimum Gasteiger partial charge on any atom is -0.466 e. The Balaban J connectivity index is 1.98. The highest BCUT2D eigenvalue weighted by atomic mass is 16.4. The molecule has 0 fully saturated rings. The molecular weight excluding hydrogens is 284 g/mol. The van der Waals surface area contributed by atoms with Crippen LogP contribution >= 0.6 is 0 Å². The van der Waals surface area contributed by atoms with Crippen LogP contribution in [0.5, 0.6) is 0 Å². The number of hydrogen-bond donors (Lipinski definition) is 3. The van der Waals surface area contributed by atoms with Crippen LogP contribution in [0.15, 0.2) is 22.8 Å². The van der Waals surface area contributed by atoms with Crippen molar-refractivity contribution in [3.8, 4) is 0 Å². The standard InChI is InChI=1S/C15H22N4O3/c1-5-19-11(3)13(10(2)18-19)17-14(20)16-9-15(4,21)12-7-6-8-22-12/h6-8,21H,5,9H2,1-4H3,(H2,16,17,20). The molecule has 0 aliphatic rings. The summed E-state index contributed by atoms with van der Waals surface area (Å²) in [7, 11) is 0. The zero-order valence-electron chi connectivity index (χ0n) is 13.3. The summed E-state index contributed by atoms with van der Waals surface area (Å²) in [6.07, 6.45) is 1.48. The molecule has 0 aliphatic heterocycles. The Morgan fingerprint density at radius 1 is 1.50 bits per heavy atom. The van der Waals surface area contributed by atoms with E-state index in [0.29, 0.717) is 11.4 Å². The molecule has 2 heterocycles. The van der Waals surface area contributed by atoms with Crippen LogP contribution in [0, 0.1) is 13.8 Å². The molecule has 2 aromatic rings. The second kappa shape index (κ2) is 6.23. The van der Waals surface area contributed by atoms with Crippen molar-refractivity contribution < 1.29 is 14.3 Å². The summed E-state index contributed by atoms with van der Waals surface area (Å²) in [6, 6.07) is 2.96. The number of hydrogen-bond acceptors (Lipinski definition) is 4. The number of amides is 2. The van der Waals surface area contributed by atoms with Gasteiger partial charge in [-0.15, -0.1) is 0 Å². The van der Waals surface area contributed by atoms with Crippen LogP contribution in [-0.4, -0.2) is 27.5 Å². The van der Waals surface area contributed by atoms with E-state index in [2.05, 4.69) is 15.7 Å². The number of aryl methyl sites for hydroxylation is 2. The number of aliphatic hydroxyl groups is 1. The molecule has 2 aromatic heterocycles. The first-order chi connectivity index (χ1) is 10.3. The second-order valence-corrected chi connectivity index (χ2v) is 5.42. The van der Waals surface area contributed by atoms with Gasteiger partial charge in [-0.05, 0) is 39.8 Å². The Morgan fingerprint density at radius 2 is 2.23 bits per heavy atom. The van der Waals surface area contributed by atoms with Crippen molar-refractivity contribution in [2.45, 2.75) is 39.8 Å². The van der Waals surface area contributed by atoms with Crippen LogP contribution in [0.1, 0.15) is 31.0 Å². The molecule has 0 bridgehead atoms. The zero-order chi connectivity index (χ0) is 16.3. The number of anilines is 1. The number of carbonyl (C=O) groups excluding carboxylic acids is 1. The number of carbonyl (C=O) groups is 1. The van der Waals surface area contributed by atoms with E-state index >= 15 is 0 Å². The lowest BCUT2D eigenvalue weighted by molar-refractivity contribution is 0.0372. The Morgan fingerprint density at radius 3 is 2.77 bits per heavy atom. The molecule has 7 heteroatoms. The van der Waals surface area contributed by atoms with Crippen molar-refractivity contribution in [2.75, 3.05) is 11.9 Å². The van der Waals surface area contributed by atoms with Crippen LogP contribution in [0.2, 0.25) is 0 Å². The van der Waals surface area contributed by atoms with Gasteiger partial charge in [0, 0.05) is 6.54 Å². The Bertz CT molecular complexity index is 644. The SMILES string of the molecule is CCn1nc(C)c(NC(=O)NCC(C)(O)c2ccco2)c1C. The van der Waals surface area contributed by atoms with Crippen LogP contribution < -0.4 is 10.6 Å². The smallest absolute Gasteiger partial charge is 0.319 e. The van der Waals surface area contributed by atoms with Crippen molar-refractivity contribution >= 4 is 11.7 Å². The predicted molar refractivity (Wildman–Crippen MR) is 82.7 cm³/mol. The van der Waals surface area contributed by atoms with E-state index in [9.17, 15) is 9.90 Å². The molecule has 0 radical (unpaired) electrons. The number of nitrogens with one attached hydrogen (secondary N) is 2. The third-order valence-corrected chi connectivity index (χ3v) is 3.56. The third kappa shape index (κ3) is 3.30. The molecule has 2 amide bonds. The van der Waals surface area contributed by atoms with Gasteiger partial charge in [0.15, 0.2) is 0 Å². The molecule has 0 spiro atoms. The number of rotatable bonds is 5. The van der Waals surface area contributed by atoms with Gasteiger partial charge in [-0.1, -0.05) is 0 Å². The average Bonchev–Trinajstić information content (AvgIpc) is 3.09. The molecule has 1 unspecified atom stereocenters. The summed E-state index contributed by atoms with van der Waals surface area (Å²) in [5.74, 6) is 0.402. The Hall–Kier alpha value is -2.28. The molecule has 0 aliphatic carbocycles. The van der Waals surface area contributed by atoms with E-state index in [-0.39, 0.29) is 6.54 Å². The fraction of sp³-hybridized carbons (Fsp3) is 0.467. The summed E-state index contributed by atoms with van der Waals surface area (Å²) >= 11 is 0. The third-order valence-electron chi connectivity index (χ3n) is 3.56. The lowest BCUT2D eigenvalue weighted by Crippen LogP contribution is -2.40. The van der Waals surface area contributed by atoms with Gasteiger partial charge in [0.2, 0.25) is 0 Å². The van der Waals surface area contributed by atoms with Crippen molar-refractivity contribution in [1.82, 2.24) is 15.1 Å². The van der Waals surface area contributed by atoms with E-state index < -0.39 is 11.6 Å². The van der Waals surface area contributed by atoms with Crippen molar-refractivity contribution in [1.29, 1.82) is 0 Å². The van der Waals surface area contributed by atoms with Crippen LogP contribution in [-0.2, 0) is 12.1 Å². The Labute approximate surface area is 129 Å². The molecule has 0 saturated heterocycles. The van der Waals surface area contributed by atoms with Gasteiger partial charge in [-0.25, -0.2) is 4.79 Å². The number of furan rings is 1. The van der Waals surface area contributed by atoms with Crippen LogP contribution in [0.25, 0.3) is 0 Å². The highest BCUT2D eigenvalue weighted by Crippen LogP contribution is 2.21. The van der Waals surface area contributed by atoms with Gasteiger partial charge >= 0.3 is 6.03 Å². The zero-order valence-corrected chi connectivity index (χ0v) is 13.3. The predicted octanol–water partition coefficient (Wildman–Crippen LogP) is 2.14. The molecular formula is C15H22N4O3. The van der Waals surface area contributed by atoms with Gasteiger partial charge in [0.1, 0.15) is 11.4 Å². The first kappa shape index (κ1) is 16.1. The van der Waals surface area contributed by atoms with Gasteiger partial charge < -0.3 is 20.2 Å². The minimum atomic E-state index is -1.27. The summed E-state index contributed by atoms with van der Waals surface area (Å²) in [5.41, 5.74) is 1.08. The number of urea groups is 1. The maximum absolute atomic E-state index is 12.0. The second-order valence-electron chi connectivity index (χ2n) is 5.42. The lowest BCUT2D eigenvalue weighted by Gasteiger charge is -2.21. The molecule has 22 heavy (non-hydrogen) atoms. The molecule has 1 atom stereocenters. The van der Waals surface area contributed by atoms with Gasteiger partial charge in [0.25, 0.3) is 0 Å². The van der Waals surface area contributed by atoms with E-state index in [4.69, 9.17) is 4.42 Å². The van der Waals surface area contributed by atoms with Crippen molar-refractivity contribution in [2.24, 2.45) is 0 Å². The van der Waals surface area contributed by atoms with Gasteiger partial charge in [-0.3, -0.25) is 4.68 Å². The van der Waals surface area contributed by atoms with Gasteiger partial charge in [-0.2, -0.15) is 5.10 Å². The first-order valence-electron chi connectivity index (χ1n) is 7.20. The Kier molecular flexibility index (Phi) is 4.56. The minimum absolute atomic E-state index is 0.0341. The highest BCUT2D eigenvalue weighted by molar-refractivity contribution is 5.90. The fourth-order valence-electron chi connectivity index (χ4n) is 2.27. The van der Waals surface area contributed by atoms with Crippen molar-refractivity contribution in [3.05, 3.63) is 35.5 Å². The monoisotopic (exact) mass is 306 g/mol. The molecule has 120 valence electrons. The van der Waals surface area contributed by atoms with E-state index in [1.54, 1.807) is 19.1 Å². The van der Waals surface area contributed by atoms with Crippen LogP contribution in [0.3, 0.4) is 0 Å². The number of aromatic nitrogens is 2. The topological polar surface area (TPSA) is 92.3 Å². The molecule has 2 rings (SSSR count). The molecule has 3 N–H and O–H groups in total. The van der Waals surface area contributed by atoms with Crippen LogP contribution in [0.4, 0.5) is 10.5 Å². The summed E-state index contributed by atoms with van der Waals surface area (Å²) < 4.78 is 6.99. The molecule has 0 saturated carbocycles. The van der Waals surface area contributed by atoms with E-state index in [0.717, 1.165) is 17.9 Å². The summed E-state index contributed by atoms with van der Waals surface area (Å²) in [6.45, 7) is 8.09. The van der Waals surface area contributed by atoms with E-state index in [1.807, 2.05) is 25.5 Å². The normalized spacial score (nSPS) is 13.7. The molecule has 7 nitrogen and oxygen atoms in total. The summed E-state index contributed by atoms with van der Waals surface area (Å²) in [5, 5.41) is 20.0. The summed E-state index contributed by atoms with van der Waals surface area (Å²) in [4.78, 5) is 12.0. The molecule has 0 aromatic carbocycles. The first-order valence-corrected chi connectivity index (χ1v) is 7.20. The average molecular weight is 306 g/mol. The fourth-order valence-corrected chi connectivity index (χ4v) is 2.27. The maximum atomic E-state index is 12.0. The highest BCUT2D eigenvalue weighted by Gasteiger charge is 2.27. The lowest BCUT2D eigenvalue weighted by atomic mass is 10.0. The van der Waals surface area contributed by atoms with Gasteiger partial charge in [0.05, 0.1) is 29.9 Å². The number of nitrogens with zero attached hydrogens (tertiary/aromatic N) is 2. The maximum Gasteiger partial charge on any atom is 0.319 e. The van der Waals surface area contributed by atoms with Crippen molar-refractivity contribution in [3.63, 3.8) is 0 Å². The largest absolute Gasteiger partial charge is 0.466 e.